The van der Waals surface area contributed by atoms with E-state index in [9.17, 15) is 0 Å². The molecule has 0 atom stereocenters. The third-order valence-corrected chi connectivity index (χ3v) is 6.23. The lowest BCUT2D eigenvalue weighted by molar-refractivity contribution is 1.13. The van der Waals surface area contributed by atoms with Crippen LogP contribution in [0, 0.1) is 6.92 Å². The van der Waals surface area contributed by atoms with Crippen molar-refractivity contribution in [1.82, 2.24) is 9.97 Å². The molecule has 0 spiro atoms. The number of aryl methyl sites for hydroxylation is 1. The fraction of sp³-hybridized carbons (Fsp3) is 0.130. The highest BCUT2D eigenvalue weighted by Crippen LogP contribution is 2.41. The maximum Gasteiger partial charge on any atom is 0.116 e. The van der Waals surface area contributed by atoms with Crippen molar-refractivity contribution in [1.29, 1.82) is 0 Å². The van der Waals surface area contributed by atoms with E-state index in [-0.39, 0.29) is 0 Å². The number of fused-ring (bicyclic) bond motifs is 4. The van der Waals surface area contributed by atoms with Gasteiger partial charge in [0.25, 0.3) is 0 Å². The molecule has 27 heavy (non-hydrogen) atoms. The zero-order valence-electron chi connectivity index (χ0n) is 15.5. The van der Waals surface area contributed by atoms with Crippen LogP contribution >= 0.6 is 11.3 Å². The molecular formula is C23H19N3S. The normalized spacial score (nSPS) is 11.5. The molecule has 0 unspecified atom stereocenters. The average molecular weight is 369 g/mol. The predicted octanol–water partition coefficient (Wildman–Crippen LogP) is 6.04. The number of rotatable bonds is 2. The summed E-state index contributed by atoms with van der Waals surface area (Å²) in [6, 6.07) is 19.5. The molecule has 2 aromatic heterocycles. The summed E-state index contributed by atoms with van der Waals surface area (Å²) in [4.78, 5) is 11.3. The van der Waals surface area contributed by atoms with Crippen molar-refractivity contribution in [2.24, 2.45) is 0 Å². The van der Waals surface area contributed by atoms with Crippen LogP contribution in [0.1, 0.15) is 5.56 Å². The van der Waals surface area contributed by atoms with E-state index in [4.69, 9.17) is 4.98 Å². The second kappa shape index (κ2) is 6.03. The van der Waals surface area contributed by atoms with Crippen LogP contribution in [-0.4, -0.2) is 24.1 Å². The lowest BCUT2D eigenvalue weighted by atomic mass is 10.0. The Balaban J connectivity index is 1.86. The minimum atomic E-state index is 0.974. The van der Waals surface area contributed by atoms with E-state index in [1.54, 1.807) is 6.33 Å². The number of thiophene rings is 1. The average Bonchev–Trinajstić information content (AvgIpc) is 3.05. The molecule has 2 heterocycles. The first kappa shape index (κ1) is 16.2. The summed E-state index contributed by atoms with van der Waals surface area (Å²) in [5, 5.41) is 3.71. The first-order valence-electron chi connectivity index (χ1n) is 8.96. The fourth-order valence-electron chi connectivity index (χ4n) is 3.69. The summed E-state index contributed by atoms with van der Waals surface area (Å²) in [6.45, 7) is 2.16. The molecule has 0 aliphatic carbocycles. The Morgan fingerprint density at radius 3 is 2.56 bits per heavy atom. The molecule has 0 N–H and O–H groups in total. The van der Waals surface area contributed by atoms with Crippen LogP contribution in [0.4, 0.5) is 5.69 Å². The topological polar surface area (TPSA) is 29.0 Å². The van der Waals surface area contributed by atoms with Crippen LogP contribution in [0.5, 0.6) is 0 Å². The Morgan fingerprint density at radius 2 is 1.70 bits per heavy atom. The second-order valence-corrected chi connectivity index (χ2v) is 8.16. The van der Waals surface area contributed by atoms with Gasteiger partial charge in [-0.1, -0.05) is 18.2 Å². The number of aromatic nitrogens is 2. The van der Waals surface area contributed by atoms with E-state index >= 15 is 0 Å². The van der Waals surface area contributed by atoms with Crippen LogP contribution in [0.2, 0.25) is 0 Å². The SMILES string of the molecule is Cc1cc(-c2ncnc3cc(N(C)C)ccc23)c2sc3ccccc3c2c1. The van der Waals surface area contributed by atoms with E-state index in [1.165, 1.54) is 31.3 Å². The predicted molar refractivity (Wildman–Crippen MR) is 117 cm³/mol. The second-order valence-electron chi connectivity index (χ2n) is 7.11. The molecule has 132 valence electrons. The molecule has 5 rings (SSSR count). The number of benzene rings is 3. The zero-order chi connectivity index (χ0) is 18.5. The van der Waals surface area contributed by atoms with Crippen LogP contribution in [0.15, 0.2) is 60.9 Å². The third kappa shape index (κ3) is 2.56. The summed E-state index contributed by atoms with van der Waals surface area (Å²) in [5.74, 6) is 0. The zero-order valence-corrected chi connectivity index (χ0v) is 16.3. The van der Waals surface area contributed by atoms with Gasteiger partial charge >= 0.3 is 0 Å². The van der Waals surface area contributed by atoms with Gasteiger partial charge < -0.3 is 4.90 Å². The largest absolute Gasteiger partial charge is 0.378 e. The lowest BCUT2D eigenvalue weighted by Gasteiger charge is -2.14. The standard InChI is InChI=1S/C23H19N3S/c1-14-10-18-16-6-4-5-7-21(16)27-23(18)19(11-14)22-17-9-8-15(26(2)3)12-20(17)24-13-25-22/h4-13H,1-3H3. The van der Waals surface area contributed by atoms with Crippen molar-refractivity contribution >= 4 is 48.1 Å². The van der Waals surface area contributed by atoms with Crippen molar-refractivity contribution < 1.29 is 0 Å². The molecule has 0 aliphatic rings. The van der Waals surface area contributed by atoms with Crippen molar-refractivity contribution in [2.75, 3.05) is 19.0 Å². The lowest BCUT2D eigenvalue weighted by Crippen LogP contribution is -2.08. The fourth-order valence-corrected chi connectivity index (χ4v) is 4.88. The molecular weight excluding hydrogens is 350 g/mol. The molecule has 0 amide bonds. The minimum absolute atomic E-state index is 0.974. The summed E-state index contributed by atoms with van der Waals surface area (Å²) in [7, 11) is 4.09. The number of nitrogens with zero attached hydrogens (tertiary/aromatic N) is 3. The molecule has 0 bridgehead atoms. The Labute approximate surface area is 161 Å². The summed E-state index contributed by atoms with van der Waals surface area (Å²) in [5.41, 5.74) is 5.56. The molecule has 3 nitrogen and oxygen atoms in total. The van der Waals surface area contributed by atoms with Gasteiger partial charge in [0, 0.05) is 50.9 Å². The molecule has 0 saturated carbocycles. The highest BCUT2D eigenvalue weighted by Gasteiger charge is 2.15. The van der Waals surface area contributed by atoms with Crippen molar-refractivity contribution in [3.8, 4) is 11.3 Å². The number of hydrogen-bond donors (Lipinski definition) is 0. The van der Waals surface area contributed by atoms with Gasteiger partial charge in [0.15, 0.2) is 0 Å². The quantitative estimate of drug-likeness (QED) is 0.380. The summed E-state index contributed by atoms with van der Waals surface area (Å²) in [6.07, 6.45) is 1.68. The highest BCUT2D eigenvalue weighted by molar-refractivity contribution is 7.26. The van der Waals surface area contributed by atoms with Crippen LogP contribution in [-0.2, 0) is 0 Å². The van der Waals surface area contributed by atoms with Crippen molar-refractivity contribution in [3.05, 3.63) is 66.5 Å². The maximum atomic E-state index is 4.70. The number of anilines is 1. The highest BCUT2D eigenvalue weighted by atomic mass is 32.1. The van der Waals surface area contributed by atoms with Gasteiger partial charge in [-0.3, -0.25) is 0 Å². The Morgan fingerprint density at radius 1 is 0.852 bits per heavy atom. The molecule has 0 saturated heterocycles. The van der Waals surface area contributed by atoms with Crippen molar-refractivity contribution in [2.45, 2.75) is 6.92 Å². The molecule has 4 heteroatoms. The smallest absolute Gasteiger partial charge is 0.116 e. The first-order valence-corrected chi connectivity index (χ1v) is 9.78. The Hall–Kier alpha value is -2.98. The summed E-state index contributed by atoms with van der Waals surface area (Å²) < 4.78 is 2.60. The van der Waals surface area contributed by atoms with Gasteiger partial charge in [-0.25, -0.2) is 9.97 Å². The molecule has 3 aromatic carbocycles. The van der Waals surface area contributed by atoms with Crippen molar-refractivity contribution in [3.63, 3.8) is 0 Å². The van der Waals surface area contributed by atoms with Gasteiger partial charge in [-0.05, 0) is 48.9 Å². The Kier molecular flexibility index (Phi) is 3.62. The molecule has 0 radical (unpaired) electrons. The van der Waals surface area contributed by atoms with E-state index in [0.29, 0.717) is 0 Å². The molecule has 0 fully saturated rings. The molecule has 0 aliphatic heterocycles. The number of hydrogen-bond acceptors (Lipinski definition) is 4. The van der Waals surface area contributed by atoms with Gasteiger partial charge in [-0.2, -0.15) is 0 Å². The van der Waals surface area contributed by atoms with Crippen LogP contribution < -0.4 is 4.90 Å². The third-order valence-electron chi connectivity index (χ3n) is 5.01. The van der Waals surface area contributed by atoms with E-state index in [0.717, 1.165) is 22.3 Å². The van der Waals surface area contributed by atoms with Crippen LogP contribution in [0.25, 0.3) is 42.3 Å². The van der Waals surface area contributed by atoms with Gasteiger partial charge in [0.2, 0.25) is 0 Å². The summed E-state index contributed by atoms with van der Waals surface area (Å²) >= 11 is 1.84. The monoisotopic (exact) mass is 369 g/mol. The van der Waals surface area contributed by atoms with Gasteiger partial charge in [-0.15, -0.1) is 11.3 Å². The first-order chi connectivity index (χ1) is 13.1. The van der Waals surface area contributed by atoms with Crippen LogP contribution in [0.3, 0.4) is 0 Å². The van der Waals surface area contributed by atoms with Gasteiger partial charge in [0.05, 0.1) is 11.2 Å². The maximum absolute atomic E-state index is 4.70. The molecule has 5 aromatic rings. The van der Waals surface area contributed by atoms with E-state index < -0.39 is 0 Å². The minimum Gasteiger partial charge on any atom is -0.378 e. The van der Waals surface area contributed by atoms with Gasteiger partial charge in [0.1, 0.15) is 6.33 Å². The van der Waals surface area contributed by atoms with E-state index in [2.05, 4.69) is 71.4 Å². The Bertz CT molecular complexity index is 1320. The van der Waals surface area contributed by atoms with E-state index in [1.807, 2.05) is 25.4 Å².